The van der Waals surface area contributed by atoms with Gasteiger partial charge in [-0.25, -0.2) is 0 Å². The standard InChI is InChI=1S/C16H17IO2/c1-2-10-19-15-9-4-3-8-14(15)16(18)12-6-5-7-13(17)11-12/h3-9,11,16,18H,2,10H2,1H3. The summed E-state index contributed by atoms with van der Waals surface area (Å²) in [6.45, 7) is 2.73. The molecule has 0 saturated heterocycles. The van der Waals surface area contributed by atoms with Crippen LogP contribution in [0.25, 0.3) is 0 Å². The molecular formula is C16H17IO2. The van der Waals surface area contributed by atoms with E-state index in [1.54, 1.807) is 0 Å². The van der Waals surface area contributed by atoms with E-state index in [-0.39, 0.29) is 0 Å². The van der Waals surface area contributed by atoms with Crippen molar-refractivity contribution in [1.82, 2.24) is 0 Å². The number of aliphatic hydroxyl groups is 1. The Morgan fingerprint density at radius 2 is 1.95 bits per heavy atom. The van der Waals surface area contributed by atoms with Gasteiger partial charge in [-0.2, -0.15) is 0 Å². The summed E-state index contributed by atoms with van der Waals surface area (Å²) in [7, 11) is 0. The molecule has 0 fully saturated rings. The highest BCUT2D eigenvalue weighted by molar-refractivity contribution is 14.1. The predicted molar refractivity (Wildman–Crippen MR) is 85.4 cm³/mol. The summed E-state index contributed by atoms with van der Waals surface area (Å²) in [6, 6.07) is 15.6. The van der Waals surface area contributed by atoms with E-state index in [1.807, 2.05) is 48.5 Å². The molecule has 0 aliphatic rings. The number of halogens is 1. The van der Waals surface area contributed by atoms with Gasteiger partial charge >= 0.3 is 0 Å². The first-order valence-electron chi connectivity index (χ1n) is 6.37. The van der Waals surface area contributed by atoms with Crippen molar-refractivity contribution >= 4 is 22.6 Å². The minimum Gasteiger partial charge on any atom is -0.493 e. The van der Waals surface area contributed by atoms with Crippen molar-refractivity contribution in [2.75, 3.05) is 6.61 Å². The number of aliphatic hydroxyl groups excluding tert-OH is 1. The van der Waals surface area contributed by atoms with Gasteiger partial charge in [0.2, 0.25) is 0 Å². The Balaban J connectivity index is 2.30. The highest BCUT2D eigenvalue weighted by Crippen LogP contribution is 2.30. The van der Waals surface area contributed by atoms with Crippen LogP contribution in [0, 0.1) is 3.57 Å². The third kappa shape index (κ3) is 3.70. The molecule has 2 aromatic rings. The van der Waals surface area contributed by atoms with Crippen molar-refractivity contribution in [3.8, 4) is 5.75 Å². The van der Waals surface area contributed by atoms with E-state index in [0.717, 1.165) is 26.9 Å². The van der Waals surface area contributed by atoms with Crippen LogP contribution in [0.1, 0.15) is 30.6 Å². The monoisotopic (exact) mass is 368 g/mol. The van der Waals surface area contributed by atoms with Crippen LogP contribution in [0.5, 0.6) is 5.75 Å². The SMILES string of the molecule is CCCOc1ccccc1C(O)c1cccc(I)c1. The van der Waals surface area contributed by atoms with E-state index in [1.165, 1.54) is 0 Å². The molecule has 3 heteroatoms. The van der Waals surface area contributed by atoms with Crippen LogP contribution in [-0.2, 0) is 0 Å². The predicted octanol–water partition coefficient (Wildman–Crippen LogP) is 4.16. The first-order valence-corrected chi connectivity index (χ1v) is 7.45. The van der Waals surface area contributed by atoms with E-state index in [9.17, 15) is 5.11 Å². The second-order valence-corrected chi connectivity index (χ2v) is 5.59. The molecule has 2 nitrogen and oxygen atoms in total. The number of benzene rings is 2. The van der Waals surface area contributed by atoms with Crippen molar-refractivity contribution < 1.29 is 9.84 Å². The minimum atomic E-state index is -0.650. The Hall–Kier alpha value is -1.07. The average Bonchev–Trinajstić information content (AvgIpc) is 2.44. The topological polar surface area (TPSA) is 29.5 Å². The van der Waals surface area contributed by atoms with Gasteiger partial charge in [0.25, 0.3) is 0 Å². The molecule has 0 heterocycles. The van der Waals surface area contributed by atoms with E-state index >= 15 is 0 Å². The van der Waals surface area contributed by atoms with Crippen LogP contribution < -0.4 is 4.74 Å². The molecule has 2 rings (SSSR count). The summed E-state index contributed by atoms with van der Waals surface area (Å²) >= 11 is 2.25. The van der Waals surface area contributed by atoms with Crippen molar-refractivity contribution in [2.24, 2.45) is 0 Å². The number of rotatable bonds is 5. The molecule has 1 unspecified atom stereocenters. The zero-order valence-electron chi connectivity index (χ0n) is 10.8. The third-order valence-electron chi connectivity index (χ3n) is 2.84. The Morgan fingerprint density at radius 1 is 1.16 bits per heavy atom. The Labute approximate surface area is 127 Å². The first kappa shape index (κ1) is 14.3. The summed E-state index contributed by atoms with van der Waals surface area (Å²) in [5, 5.41) is 10.5. The Morgan fingerprint density at radius 3 is 2.68 bits per heavy atom. The maximum Gasteiger partial charge on any atom is 0.125 e. The molecule has 0 bridgehead atoms. The van der Waals surface area contributed by atoms with Crippen LogP contribution in [0.15, 0.2) is 48.5 Å². The Bertz CT molecular complexity index is 540. The van der Waals surface area contributed by atoms with Gasteiger partial charge in [-0.15, -0.1) is 0 Å². The lowest BCUT2D eigenvalue weighted by Gasteiger charge is -2.16. The molecule has 0 spiro atoms. The highest BCUT2D eigenvalue weighted by Gasteiger charge is 2.15. The summed E-state index contributed by atoms with van der Waals surface area (Å²) in [5.74, 6) is 0.760. The van der Waals surface area contributed by atoms with Gasteiger partial charge in [-0.3, -0.25) is 0 Å². The lowest BCUT2D eigenvalue weighted by molar-refractivity contribution is 0.210. The van der Waals surface area contributed by atoms with E-state index in [2.05, 4.69) is 29.5 Å². The second-order valence-electron chi connectivity index (χ2n) is 4.34. The van der Waals surface area contributed by atoms with Gasteiger partial charge in [0.15, 0.2) is 0 Å². The molecule has 0 radical (unpaired) electrons. The first-order chi connectivity index (χ1) is 9.22. The summed E-state index contributed by atoms with van der Waals surface area (Å²) < 4.78 is 6.81. The van der Waals surface area contributed by atoms with Gasteiger partial charge in [0.1, 0.15) is 11.9 Å². The lowest BCUT2D eigenvalue weighted by Crippen LogP contribution is -2.05. The quantitative estimate of drug-likeness (QED) is 0.804. The van der Waals surface area contributed by atoms with Gasteiger partial charge in [-0.05, 0) is 52.8 Å². The van der Waals surface area contributed by atoms with Gasteiger partial charge in [0, 0.05) is 9.13 Å². The maximum atomic E-state index is 10.5. The summed E-state index contributed by atoms with van der Waals surface area (Å²) in [4.78, 5) is 0. The number of hydrogen-bond donors (Lipinski definition) is 1. The van der Waals surface area contributed by atoms with Crippen LogP contribution in [-0.4, -0.2) is 11.7 Å². The van der Waals surface area contributed by atoms with Crippen LogP contribution >= 0.6 is 22.6 Å². The molecule has 2 aromatic carbocycles. The maximum absolute atomic E-state index is 10.5. The lowest BCUT2D eigenvalue weighted by atomic mass is 10.0. The number of para-hydroxylation sites is 1. The fourth-order valence-electron chi connectivity index (χ4n) is 1.91. The van der Waals surface area contributed by atoms with E-state index in [4.69, 9.17) is 4.74 Å². The Kier molecular flexibility index (Phi) is 5.22. The van der Waals surface area contributed by atoms with Crippen molar-refractivity contribution in [3.63, 3.8) is 0 Å². The molecular weight excluding hydrogens is 351 g/mol. The fourth-order valence-corrected chi connectivity index (χ4v) is 2.47. The van der Waals surface area contributed by atoms with Crippen molar-refractivity contribution in [2.45, 2.75) is 19.4 Å². The molecule has 0 aromatic heterocycles. The fraction of sp³-hybridized carbons (Fsp3) is 0.250. The van der Waals surface area contributed by atoms with Gasteiger partial charge in [-0.1, -0.05) is 37.3 Å². The summed E-state index contributed by atoms with van der Waals surface area (Å²) in [6.07, 6.45) is 0.302. The largest absolute Gasteiger partial charge is 0.493 e. The average molecular weight is 368 g/mol. The van der Waals surface area contributed by atoms with E-state index < -0.39 is 6.10 Å². The number of ether oxygens (including phenoxy) is 1. The summed E-state index contributed by atoms with van der Waals surface area (Å²) in [5.41, 5.74) is 1.71. The molecule has 0 saturated carbocycles. The minimum absolute atomic E-state index is 0.650. The van der Waals surface area contributed by atoms with Gasteiger partial charge in [0.05, 0.1) is 6.61 Å². The van der Waals surface area contributed by atoms with Crippen LogP contribution in [0.3, 0.4) is 0 Å². The smallest absolute Gasteiger partial charge is 0.125 e. The van der Waals surface area contributed by atoms with E-state index in [0.29, 0.717) is 6.61 Å². The molecule has 1 atom stereocenters. The zero-order chi connectivity index (χ0) is 13.7. The molecule has 100 valence electrons. The molecule has 1 N–H and O–H groups in total. The molecule has 0 amide bonds. The molecule has 0 aliphatic carbocycles. The molecule has 19 heavy (non-hydrogen) atoms. The zero-order valence-corrected chi connectivity index (χ0v) is 13.0. The van der Waals surface area contributed by atoms with Gasteiger partial charge < -0.3 is 9.84 Å². The highest BCUT2D eigenvalue weighted by atomic mass is 127. The third-order valence-corrected chi connectivity index (χ3v) is 3.51. The van der Waals surface area contributed by atoms with Crippen LogP contribution in [0.2, 0.25) is 0 Å². The normalized spacial score (nSPS) is 12.2. The molecule has 0 aliphatic heterocycles. The number of hydrogen-bond acceptors (Lipinski definition) is 2. The van der Waals surface area contributed by atoms with Crippen molar-refractivity contribution in [3.05, 3.63) is 63.2 Å². The second kappa shape index (κ2) is 6.91. The van der Waals surface area contributed by atoms with Crippen LogP contribution in [0.4, 0.5) is 0 Å². The van der Waals surface area contributed by atoms with Crippen molar-refractivity contribution in [1.29, 1.82) is 0 Å².